The molecule has 0 aromatic carbocycles. The molecule has 0 radical (unpaired) electrons. The van der Waals surface area contributed by atoms with Gasteiger partial charge in [-0.15, -0.1) is 0 Å². The average Bonchev–Trinajstić information content (AvgIpc) is 2.67. The van der Waals surface area contributed by atoms with E-state index in [2.05, 4.69) is 11.1 Å². The van der Waals surface area contributed by atoms with E-state index in [0.29, 0.717) is 0 Å². The molecule has 0 spiro atoms. The number of aromatic nitrogens is 1. The molecule has 2 N–H and O–H groups in total. The lowest BCUT2D eigenvalue weighted by Gasteiger charge is -2.09. The molecule has 0 aliphatic carbocycles. The summed E-state index contributed by atoms with van der Waals surface area (Å²) in [7, 11) is 0. The normalized spacial score (nSPS) is 12.6. The number of hydrogen-bond donors (Lipinski definition) is 1. The molecule has 0 saturated carbocycles. The number of pyridine rings is 1. The summed E-state index contributed by atoms with van der Waals surface area (Å²) in [5, 5.41) is 1.01. The van der Waals surface area contributed by atoms with Crippen molar-refractivity contribution in [3.8, 4) is 0 Å². The summed E-state index contributed by atoms with van der Waals surface area (Å²) in [4.78, 5) is 5.52. The largest absolute Gasteiger partial charge is 0.468 e. The second-order valence-corrected chi connectivity index (χ2v) is 5.12. The van der Waals surface area contributed by atoms with Crippen molar-refractivity contribution >= 4 is 11.8 Å². The van der Waals surface area contributed by atoms with Gasteiger partial charge in [0.15, 0.2) is 0 Å². The Labute approximate surface area is 105 Å². The summed E-state index contributed by atoms with van der Waals surface area (Å²) < 4.78 is 5.28. The van der Waals surface area contributed by atoms with Crippen molar-refractivity contribution in [3.63, 3.8) is 0 Å². The van der Waals surface area contributed by atoms with Gasteiger partial charge < -0.3 is 10.2 Å². The van der Waals surface area contributed by atoms with Crippen molar-refractivity contribution in [2.45, 2.75) is 36.2 Å². The molecule has 1 atom stereocenters. The van der Waals surface area contributed by atoms with E-state index in [1.807, 2.05) is 32.2 Å². The summed E-state index contributed by atoms with van der Waals surface area (Å²) in [5.41, 5.74) is 7.03. The van der Waals surface area contributed by atoms with Gasteiger partial charge in [-0.3, -0.25) is 0 Å². The van der Waals surface area contributed by atoms with Crippen LogP contribution in [0.4, 0.5) is 0 Å². The van der Waals surface area contributed by atoms with E-state index in [9.17, 15) is 0 Å². The van der Waals surface area contributed by atoms with Crippen molar-refractivity contribution in [1.82, 2.24) is 4.98 Å². The Balaban J connectivity index is 2.23. The first-order valence-corrected chi connectivity index (χ1v) is 6.40. The van der Waals surface area contributed by atoms with E-state index in [4.69, 9.17) is 10.2 Å². The lowest BCUT2D eigenvalue weighted by Crippen LogP contribution is -2.18. The van der Waals surface area contributed by atoms with Crippen LogP contribution in [0, 0.1) is 6.92 Å². The van der Waals surface area contributed by atoms with Crippen LogP contribution in [-0.2, 0) is 6.42 Å². The monoisotopic (exact) mass is 248 g/mol. The van der Waals surface area contributed by atoms with E-state index in [1.165, 1.54) is 5.56 Å². The van der Waals surface area contributed by atoms with E-state index in [0.717, 1.165) is 22.1 Å². The molecule has 0 aliphatic rings. The van der Waals surface area contributed by atoms with Gasteiger partial charge in [-0.05, 0) is 38.0 Å². The second-order valence-electron chi connectivity index (χ2n) is 4.09. The smallest absolute Gasteiger partial charge is 0.114 e. The van der Waals surface area contributed by atoms with Crippen LogP contribution in [0.1, 0.15) is 18.2 Å². The molecule has 1 unspecified atom stereocenters. The number of aryl methyl sites for hydroxylation is 1. The fraction of sp³-hybridized carbons (Fsp3) is 0.308. The summed E-state index contributed by atoms with van der Waals surface area (Å²) in [6, 6.07) is 6.13. The van der Waals surface area contributed by atoms with Crippen LogP contribution in [0.2, 0.25) is 0 Å². The predicted molar refractivity (Wildman–Crippen MR) is 69.2 cm³/mol. The van der Waals surface area contributed by atoms with E-state index in [-0.39, 0.29) is 6.04 Å². The van der Waals surface area contributed by atoms with Gasteiger partial charge in [-0.25, -0.2) is 4.98 Å². The highest BCUT2D eigenvalue weighted by Gasteiger charge is 2.10. The first kappa shape index (κ1) is 12.2. The zero-order chi connectivity index (χ0) is 12.3. The third-order valence-corrected chi connectivity index (χ3v) is 3.61. The highest BCUT2D eigenvalue weighted by Crippen LogP contribution is 2.31. The Morgan fingerprint density at radius 1 is 1.47 bits per heavy atom. The van der Waals surface area contributed by atoms with E-state index >= 15 is 0 Å². The first-order chi connectivity index (χ1) is 8.16. The van der Waals surface area contributed by atoms with Crippen LogP contribution < -0.4 is 5.73 Å². The molecule has 3 nitrogen and oxygen atoms in total. The number of furan rings is 1. The van der Waals surface area contributed by atoms with Gasteiger partial charge in [0.2, 0.25) is 0 Å². The average molecular weight is 248 g/mol. The molecule has 2 rings (SSSR count). The maximum Gasteiger partial charge on any atom is 0.114 e. The molecule has 2 aromatic heterocycles. The van der Waals surface area contributed by atoms with Crippen LogP contribution in [0.5, 0.6) is 0 Å². The van der Waals surface area contributed by atoms with Crippen LogP contribution >= 0.6 is 11.8 Å². The van der Waals surface area contributed by atoms with Crippen LogP contribution in [0.25, 0.3) is 0 Å². The summed E-state index contributed by atoms with van der Waals surface area (Å²) >= 11 is 1.63. The number of nitrogens with two attached hydrogens (primary N) is 1. The fourth-order valence-corrected chi connectivity index (χ4v) is 2.52. The number of hydrogen-bond acceptors (Lipinski definition) is 4. The minimum Gasteiger partial charge on any atom is -0.468 e. The van der Waals surface area contributed by atoms with Crippen LogP contribution in [-0.4, -0.2) is 11.0 Å². The Kier molecular flexibility index (Phi) is 3.86. The van der Waals surface area contributed by atoms with Gasteiger partial charge in [0, 0.05) is 12.2 Å². The molecular formula is C13H16N2OS. The van der Waals surface area contributed by atoms with Gasteiger partial charge in [0.05, 0.1) is 11.2 Å². The third-order valence-electron chi connectivity index (χ3n) is 2.41. The minimum absolute atomic E-state index is 0.143. The predicted octanol–water partition coefficient (Wildman–Crippen LogP) is 3.02. The SMILES string of the molecule is Cc1occc1Sc1ncccc1CC(C)N. The van der Waals surface area contributed by atoms with Crippen LogP contribution in [0.3, 0.4) is 0 Å². The van der Waals surface area contributed by atoms with Gasteiger partial charge in [0.1, 0.15) is 10.8 Å². The van der Waals surface area contributed by atoms with Crippen molar-refractivity contribution in [2.24, 2.45) is 5.73 Å². The van der Waals surface area contributed by atoms with Gasteiger partial charge in [-0.1, -0.05) is 17.8 Å². The molecule has 4 heteroatoms. The molecule has 90 valence electrons. The third kappa shape index (κ3) is 3.11. The highest BCUT2D eigenvalue weighted by atomic mass is 32.2. The van der Waals surface area contributed by atoms with Gasteiger partial charge in [0.25, 0.3) is 0 Å². The lowest BCUT2D eigenvalue weighted by atomic mass is 10.1. The maximum atomic E-state index is 5.84. The van der Waals surface area contributed by atoms with Crippen LogP contribution in [0.15, 0.2) is 45.0 Å². The maximum absolute atomic E-state index is 5.84. The highest BCUT2D eigenvalue weighted by molar-refractivity contribution is 7.99. The molecule has 2 heterocycles. The van der Waals surface area contributed by atoms with Crippen molar-refractivity contribution in [2.75, 3.05) is 0 Å². The summed E-state index contributed by atoms with van der Waals surface area (Å²) in [5.74, 6) is 0.924. The van der Waals surface area contributed by atoms with Gasteiger partial charge >= 0.3 is 0 Å². The molecule has 0 bridgehead atoms. The molecular weight excluding hydrogens is 232 g/mol. The van der Waals surface area contributed by atoms with E-state index in [1.54, 1.807) is 18.0 Å². The summed E-state index contributed by atoms with van der Waals surface area (Å²) in [6.45, 7) is 3.96. The lowest BCUT2D eigenvalue weighted by molar-refractivity contribution is 0.527. The molecule has 17 heavy (non-hydrogen) atoms. The van der Waals surface area contributed by atoms with E-state index < -0.39 is 0 Å². The van der Waals surface area contributed by atoms with Crippen molar-refractivity contribution < 1.29 is 4.42 Å². The molecule has 0 saturated heterocycles. The molecule has 0 aliphatic heterocycles. The standard InChI is InChI=1S/C13H16N2OS/c1-9(14)8-11-4-3-6-15-13(11)17-12-5-7-16-10(12)2/h3-7,9H,8,14H2,1-2H3. The Hall–Kier alpha value is -1.26. The van der Waals surface area contributed by atoms with Crippen molar-refractivity contribution in [1.29, 1.82) is 0 Å². The first-order valence-electron chi connectivity index (χ1n) is 5.58. The Bertz CT molecular complexity index is 494. The fourth-order valence-electron chi connectivity index (χ4n) is 1.60. The number of rotatable bonds is 4. The summed E-state index contributed by atoms with van der Waals surface area (Å²) in [6.07, 6.45) is 4.35. The second kappa shape index (κ2) is 5.38. The Morgan fingerprint density at radius 2 is 2.29 bits per heavy atom. The Morgan fingerprint density at radius 3 is 2.94 bits per heavy atom. The molecule has 2 aromatic rings. The van der Waals surface area contributed by atoms with Gasteiger partial charge in [-0.2, -0.15) is 0 Å². The minimum atomic E-state index is 0.143. The quantitative estimate of drug-likeness (QED) is 0.903. The molecule has 0 fully saturated rings. The molecule has 0 amide bonds. The topological polar surface area (TPSA) is 52.0 Å². The number of nitrogens with zero attached hydrogens (tertiary/aromatic N) is 1. The zero-order valence-electron chi connectivity index (χ0n) is 10.0. The zero-order valence-corrected chi connectivity index (χ0v) is 10.8. The van der Waals surface area contributed by atoms with Crippen molar-refractivity contribution in [3.05, 3.63) is 42.0 Å².